The number of carbonyl (C=O) groups excluding carboxylic acids is 1. The lowest BCUT2D eigenvalue weighted by Gasteiger charge is -2.36. The van der Waals surface area contributed by atoms with Gasteiger partial charge < -0.3 is 9.74 Å². The van der Waals surface area contributed by atoms with Crippen molar-refractivity contribution < 1.29 is 9.22 Å². The van der Waals surface area contributed by atoms with Crippen LogP contribution in [0.25, 0.3) is 6.08 Å². The molecule has 38 heavy (non-hydrogen) atoms. The van der Waals surface area contributed by atoms with Crippen LogP contribution in [0.1, 0.15) is 37.7 Å². The molecule has 1 unspecified atom stereocenters. The SMILES string of the molecule is O=C(NC1CCCCC1)C(/C=C/c1ccccc1)O[Si](c1ccccc1)(c1ccccc1)c1ccccc1. The van der Waals surface area contributed by atoms with Gasteiger partial charge in [-0.25, -0.2) is 0 Å². The summed E-state index contributed by atoms with van der Waals surface area (Å²) < 4.78 is 7.26. The molecule has 0 aliphatic heterocycles. The number of hydrogen-bond acceptors (Lipinski definition) is 2. The summed E-state index contributed by atoms with van der Waals surface area (Å²) in [6.07, 6.45) is 8.81. The van der Waals surface area contributed by atoms with Crippen LogP contribution >= 0.6 is 0 Å². The third-order valence-corrected chi connectivity index (χ3v) is 11.4. The van der Waals surface area contributed by atoms with E-state index in [4.69, 9.17) is 4.43 Å². The lowest BCUT2D eigenvalue weighted by atomic mass is 9.95. The van der Waals surface area contributed by atoms with Gasteiger partial charge in [-0.2, -0.15) is 0 Å². The average molecular weight is 518 g/mol. The van der Waals surface area contributed by atoms with Crippen LogP contribution in [0.15, 0.2) is 127 Å². The van der Waals surface area contributed by atoms with Crippen LogP contribution < -0.4 is 20.9 Å². The first-order chi connectivity index (χ1) is 18.8. The molecule has 4 heteroatoms. The van der Waals surface area contributed by atoms with Crippen LogP contribution in [-0.4, -0.2) is 26.4 Å². The molecule has 1 N–H and O–H groups in total. The zero-order chi connectivity index (χ0) is 26.0. The van der Waals surface area contributed by atoms with Gasteiger partial charge in [-0.15, -0.1) is 0 Å². The Bertz CT molecular complexity index is 1210. The van der Waals surface area contributed by atoms with Gasteiger partial charge >= 0.3 is 0 Å². The molecule has 4 aromatic rings. The Morgan fingerprint density at radius 2 is 1.13 bits per heavy atom. The van der Waals surface area contributed by atoms with E-state index in [9.17, 15) is 4.79 Å². The molecule has 1 saturated carbocycles. The van der Waals surface area contributed by atoms with Crippen LogP contribution in [0, 0.1) is 0 Å². The van der Waals surface area contributed by atoms with Gasteiger partial charge in [-0.1, -0.05) is 147 Å². The van der Waals surface area contributed by atoms with Crippen molar-refractivity contribution in [2.75, 3.05) is 0 Å². The molecule has 0 aromatic heterocycles. The number of rotatable bonds is 9. The topological polar surface area (TPSA) is 38.3 Å². The molecule has 0 bridgehead atoms. The summed E-state index contributed by atoms with van der Waals surface area (Å²) in [6, 6.07) is 41.6. The van der Waals surface area contributed by atoms with E-state index in [0.717, 1.165) is 46.8 Å². The predicted molar refractivity (Wildman–Crippen MR) is 159 cm³/mol. The Balaban J connectivity index is 1.61. The molecule has 0 radical (unpaired) electrons. The largest absolute Gasteiger partial charge is 0.389 e. The van der Waals surface area contributed by atoms with Gasteiger partial charge in [0.1, 0.15) is 6.10 Å². The van der Waals surface area contributed by atoms with Crippen molar-refractivity contribution in [3.8, 4) is 0 Å². The molecule has 0 spiro atoms. The first-order valence-electron chi connectivity index (χ1n) is 13.6. The molecular formula is C34H35NO2Si. The van der Waals surface area contributed by atoms with E-state index in [1.54, 1.807) is 0 Å². The maximum Gasteiger partial charge on any atom is 0.289 e. The minimum Gasteiger partial charge on any atom is -0.389 e. The van der Waals surface area contributed by atoms with Gasteiger partial charge in [0, 0.05) is 6.04 Å². The number of hydrogen-bond donors (Lipinski definition) is 1. The molecule has 4 aromatic carbocycles. The minimum absolute atomic E-state index is 0.0660. The molecule has 192 valence electrons. The fourth-order valence-electron chi connectivity index (χ4n) is 5.39. The summed E-state index contributed by atoms with van der Waals surface area (Å²) in [4.78, 5) is 13.9. The van der Waals surface area contributed by atoms with E-state index >= 15 is 0 Å². The zero-order valence-corrected chi connectivity index (χ0v) is 22.7. The highest BCUT2D eigenvalue weighted by Gasteiger charge is 2.44. The molecule has 1 amide bonds. The van der Waals surface area contributed by atoms with Gasteiger partial charge in [0.05, 0.1) is 0 Å². The zero-order valence-electron chi connectivity index (χ0n) is 21.7. The Kier molecular flexibility index (Phi) is 8.64. The van der Waals surface area contributed by atoms with E-state index in [1.165, 1.54) is 6.42 Å². The molecule has 1 atom stereocenters. The maximum absolute atomic E-state index is 13.9. The van der Waals surface area contributed by atoms with E-state index in [1.807, 2.05) is 60.7 Å². The molecule has 0 heterocycles. The summed E-state index contributed by atoms with van der Waals surface area (Å²) in [7, 11) is -3.07. The number of carbonyl (C=O) groups is 1. The van der Waals surface area contributed by atoms with Gasteiger partial charge in [0.15, 0.2) is 0 Å². The Morgan fingerprint density at radius 1 is 0.684 bits per heavy atom. The molecule has 0 saturated heterocycles. The van der Waals surface area contributed by atoms with Gasteiger partial charge in [0.2, 0.25) is 0 Å². The quantitative estimate of drug-likeness (QED) is 0.245. The predicted octanol–water partition coefficient (Wildman–Crippen LogP) is 5.20. The van der Waals surface area contributed by atoms with Crippen LogP contribution in [0.5, 0.6) is 0 Å². The summed E-state index contributed by atoms with van der Waals surface area (Å²) in [5, 5.41) is 6.68. The van der Waals surface area contributed by atoms with Gasteiger partial charge in [-0.05, 0) is 40.0 Å². The Morgan fingerprint density at radius 3 is 1.61 bits per heavy atom. The van der Waals surface area contributed by atoms with E-state index in [2.05, 4.69) is 78.1 Å². The number of amides is 1. The normalized spacial score (nSPS) is 15.3. The third-order valence-electron chi connectivity index (χ3n) is 7.32. The maximum atomic E-state index is 13.9. The highest BCUT2D eigenvalue weighted by atomic mass is 28.4. The molecule has 1 aliphatic rings. The highest BCUT2D eigenvalue weighted by molar-refractivity contribution is 7.07. The van der Waals surface area contributed by atoms with E-state index in [0.29, 0.717) is 0 Å². The first-order valence-corrected chi connectivity index (χ1v) is 15.5. The monoisotopic (exact) mass is 517 g/mol. The summed E-state index contributed by atoms with van der Waals surface area (Å²) in [5.74, 6) is -0.0660. The molecule has 3 nitrogen and oxygen atoms in total. The average Bonchev–Trinajstić information content (AvgIpc) is 3.00. The van der Waals surface area contributed by atoms with E-state index < -0.39 is 14.4 Å². The summed E-state index contributed by atoms with van der Waals surface area (Å²) >= 11 is 0. The van der Waals surface area contributed by atoms with Gasteiger partial charge in [-0.3, -0.25) is 4.79 Å². The second kappa shape index (κ2) is 12.7. The molecule has 1 fully saturated rings. The van der Waals surface area contributed by atoms with Crippen LogP contribution in [0.2, 0.25) is 0 Å². The standard InChI is InChI=1S/C34H35NO2Si/c36-34(35-29-18-8-2-9-19-29)33(27-26-28-16-6-1-7-17-28)37-38(30-20-10-3-11-21-30,31-22-12-4-13-23-31)32-24-14-5-15-25-32/h1,3-7,10-17,20-27,29,33H,2,8-9,18-19H2,(H,35,36)/b27-26+. The molecule has 5 rings (SSSR count). The van der Waals surface area contributed by atoms with Gasteiger partial charge in [0.25, 0.3) is 14.2 Å². The van der Waals surface area contributed by atoms with Crippen molar-refractivity contribution in [3.05, 3.63) is 133 Å². The van der Waals surface area contributed by atoms with Crippen molar-refractivity contribution in [3.63, 3.8) is 0 Å². The highest BCUT2D eigenvalue weighted by Crippen LogP contribution is 2.19. The molecule has 1 aliphatic carbocycles. The fourth-order valence-corrected chi connectivity index (χ4v) is 9.35. The van der Waals surface area contributed by atoms with Crippen LogP contribution in [0.3, 0.4) is 0 Å². The second-order valence-corrected chi connectivity index (χ2v) is 13.3. The second-order valence-electron chi connectivity index (χ2n) is 9.93. The molecular weight excluding hydrogens is 482 g/mol. The van der Waals surface area contributed by atoms with Crippen molar-refractivity contribution >= 4 is 35.9 Å². The van der Waals surface area contributed by atoms with Crippen molar-refractivity contribution in [2.24, 2.45) is 0 Å². The van der Waals surface area contributed by atoms with E-state index in [-0.39, 0.29) is 11.9 Å². The Hall–Kier alpha value is -3.73. The number of nitrogens with one attached hydrogen (secondary N) is 1. The summed E-state index contributed by atoms with van der Waals surface area (Å²) in [5.41, 5.74) is 1.04. The number of benzene rings is 4. The third kappa shape index (κ3) is 6.04. The summed E-state index contributed by atoms with van der Waals surface area (Å²) in [6.45, 7) is 0. The van der Waals surface area contributed by atoms with Crippen molar-refractivity contribution in [1.82, 2.24) is 5.32 Å². The first kappa shape index (κ1) is 25.9. The smallest absolute Gasteiger partial charge is 0.289 e. The van der Waals surface area contributed by atoms with Crippen molar-refractivity contribution in [2.45, 2.75) is 44.2 Å². The lowest BCUT2D eigenvalue weighted by molar-refractivity contribution is -0.127. The minimum atomic E-state index is -3.07. The van der Waals surface area contributed by atoms with Crippen LogP contribution in [-0.2, 0) is 9.22 Å². The fraction of sp³-hybridized carbons (Fsp3) is 0.206. The Labute approximate surface area is 227 Å². The van der Waals surface area contributed by atoms with Crippen LogP contribution in [0.4, 0.5) is 0 Å². The lowest BCUT2D eigenvalue weighted by Crippen LogP contribution is -2.71. The van der Waals surface area contributed by atoms with Crippen molar-refractivity contribution in [1.29, 1.82) is 0 Å².